The van der Waals surface area contributed by atoms with E-state index in [0.717, 1.165) is 18.3 Å². The van der Waals surface area contributed by atoms with E-state index in [-0.39, 0.29) is 0 Å². The molecule has 2 rings (SSSR count). The van der Waals surface area contributed by atoms with Crippen LogP contribution in [0.3, 0.4) is 0 Å². The third-order valence-corrected chi connectivity index (χ3v) is 5.31. The van der Waals surface area contributed by atoms with Gasteiger partial charge in [-0.15, -0.1) is 0 Å². The zero-order valence-electron chi connectivity index (χ0n) is 14.5. The molecule has 1 aliphatic heterocycles. The smallest absolute Gasteiger partial charge is 0.0646 e. The Morgan fingerprint density at radius 2 is 2.14 bits per heavy atom. The van der Waals surface area contributed by atoms with Crippen molar-refractivity contribution in [2.24, 2.45) is 17.8 Å². The lowest BCUT2D eigenvalue weighted by Crippen LogP contribution is -2.40. The van der Waals surface area contributed by atoms with E-state index in [4.69, 9.17) is 4.74 Å². The summed E-state index contributed by atoms with van der Waals surface area (Å²) in [6.07, 6.45) is 11.9. The van der Waals surface area contributed by atoms with E-state index >= 15 is 0 Å². The predicted molar refractivity (Wildman–Crippen MR) is 91.4 cm³/mol. The van der Waals surface area contributed by atoms with Crippen molar-refractivity contribution in [3.8, 4) is 0 Å². The highest BCUT2D eigenvalue weighted by molar-refractivity contribution is 5.10. The third kappa shape index (κ3) is 4.98. The molecule has 0 radical (unpaired) electrons. The van der Waals surface area contributed by atoms with E-state index in [1.54, 1.807) is 0 Å². The molecule has 2 aliphatic rings. The van der Waals surface area contributed by atoms with Gasteiger partial charge in [0.2, 0.25) is 0 Å². The molecule has 0 aromatic heterocycles. The highest BCUT2D eigenvalue weighted by atomic mass is 16.5. The Kier molecular flexibility index (Phi) is 6.10. The quantitative estimate of drug-likeness (QED) is 0.572. The summed E-state index contributed by atoms with van der Waals surface area (Å²) in [4.78, 5) is 0. The summed E-state index contributed by atoms with van der Waals surface area (Å²) < 4.78 is 6.45. The van der Waals surface area contributed by atoms with Gasteiger partial charge in [-0.25, -0.2) is 0 Å². The molecule has 21 heavy (non-hydrogen) atoms. The Morgan fingerprint density at radius 3 is 2.86 bits per heavy atom. The maximum atomic E-state index is 6.45. The summed E-state index contributed by atoms with van der Waals surface area (Å²) in [5.41, 5.74) is 2.91. The van der Waals surface area contributed by atoms with E-state index in [0.29, 0.717) is 18.1 Å². The predicted octanol–water partition coefficient (Wildman–Crippen LogP) is 5.91. The van der Waals surface area contributed by atoms with Crippen LogP contribution >= 0.6 is 0 Å². The maximum absolute atomic E-state index is 6.45. The number of allylic oxidation sites excluding steroid dienone is 2. The molecule has 120 valence electrons. The minimum atomic E-state index is 0.422. The lowest BCUT2D eigenvalue weighted by molar-refractivity contribution is -0.0906. The SMILES string of the molecule is C=C1C[C@H](C[C@H](C)CCC=C(C)C)O[C@@H]2C[C@@H](C)CC[C@@H]12. The zero-order chi connectivity index (χ0) is 15.4. The number of ether oxygens (including phenoxy) is 1. The molecule has 1 aliphatic carbocycles. The first-order valence-corrected chi connectivity index (χ1v) is 8.92. The summed E-state index contributed by atoms with van der Waals surface area (Å²) in [5.74, 6) is 2.22. The van der Waals surface area contributed by atoms with E-state index < -0.39 is 0 Å². The van der Waals surface area contributed by atoms with Crippen molar-refractivity contribution < 1.29 is 4.74 Å². The molecular weight excluding hydrogens is 256 g/mol. The summed E-state index contributed by atoms with van der Waals surface area (Å²) in [5, 5.41) is 0. The fraction of sp³-hybridized carbons (Fsp3) is 0.800. The second-order valence-electron chi connectivity index (χ2n) is 7.88. The first-order valence-electron chi connectivity index (χ1n) is 8.92. The highest BCUT2D eigenvalue weighted by Crippen LogP contribution is 2.41. The molecule has 5 atom stereocenters. The topological polar surface area (TPSA) is 9.23 Å². The summed E-state index contributed by atoms with van der Waals surface area (Å²) in [6, 6.07) is 0. The first-order chi connectivity index (χ1) is 9.95. The molecule has 0 spiro atoms. The van der Waals surface area contributed by atoms with E-state index in [9.17, 15) is 0 Å². The molecule has 0 unspecified atom stereocenters. The van der Waals surface area contributed by atoms with E-state index in [1.807, 2.05) is 0 Å². The summed E-state index contributed by atoms with van der Waals surface area (Å²) in [6.45, 7) is 13.5. The monoisotopic (exact) mass is 290 g/mol. The van der Waals surface area contributed by atoms with E-state index in [2.05, 4.69) is 40.3 Å². The lowest BCUT2D eigenvalue weighted by Gasteiger charge is -2.43. The Bertz CT molecular complexity index is 377. The molecule has 1 heteroatoms. The zero-order valence-corrected chi connectivity index (χ0v) is 14.5. The van der Waals surface area contributed by atoms with Gasteiger partial charge in [0.1, 0.15) is 0 Å². The van der Waals surface area contributed by atoms with Crippen LogP contribution < -0.4 is 0 Å². The molecule has 0 aromatic rings. The van der Waals surface area contributed by atoms with Crippen LogP contribution in [0.15, 0.2) is 23.8 Å². The minimum absolute atomic E-state index is 0.422. The standard InChI is InChI=1S/C20H34O/c1-14(2)7-6-8-15(3)11-18-13-17(5)19-10-9-16(4)12-20(19)21-18/h7,15-16,18-20H,5-6,8-13H2,1-4H3/t15-,16+,18+,19+,20-/m1/s1. The average molecular weight is 290 g/mol. The largest absolute Gasteiger partial charge is 0.374 e. The van der Waals surface area contributed by atoms with Crippen LogP contribution in [-0.2, 0) is 4.74 Å². The van der Waals surface area contributed by atoms with Gasteiger partial charge >= 0.3 is 0 Å². The van der Waals surface area contributed by atoms with Crippen LogP contribution in [-0.4, -0.2) is 12.2 Å². The van der Waals surface area contributed by atoms with Gasteiger partial charge in [0, 0.05) is 5.92 Å². The van der Waals surface area contributed by atoms with Crippen LogP contribution in [0.4, 0.5) is 0 Å². The Labute approximate surface area is 131 Å². The van der Waals surface area contributed by atoms with Gasteiger partial charge < -0.3 is 4.74 Å². The van der Waals surface area contributed by atoms with Gasteiger partial charge in [0.25, 0.3) is 0 Å². The molecule has 2 fully saturated rings. The number of fused-ring (bicyclic) bond motifs is 1. The van der Waals surface area contributed by atoms with Crippen LogP contribution in [0.25, 0.3) is 0 Å². The van der Waals surface area contributed by atoms with Crippen molar-refractivity contribution in [2.75, 3.05) is 0 Å². The van der Waals surface area contributed by atoms with Crippen LogP contribution in [0.2, 0.25) is 0 Å². The maximum Gasteiger partial charge on any atom is 0.0646 e. The molecular formula is C20H34O. The Hall–Kier alpha value is -0.560. The van der Waals surface area contributed by atoms with Gasteiger partial charge in [-0.2, -0.15) is 0 Å². The molecule has 0 aromatic carbocycles. The second kappa shape index (κ2) is 7.63. The Balaban J connectivity index is 1.81. The summed E-state index contributed by atoms with van der Waals surface area (Å²) >= 11 is 0. The molecule has 0 bridgehead atoms. The third-order valence-electron chi connectivity index (χ3n) is 5.31. The van der Waals surface area contributed by atoms with Crippen LogP contribution in [0.1, 0.15) is 72.6 Å². The van der Waals surface area contributed by atoms with Gasteiger partial charge in [-0.3, -0.25) is 0 Å². The van der Waals surface area contributed by atoms with Crippen molar-refractivity contribution in [3.05, 3.63) is 23.8 Å². The van der Waals surface area contributed by atoms with Crippen molar-refractivity contribution in [3.63, 3.8) is 0 Å². The molecule has 0 N–H and O–H groups in total. The van der Waals surface area contributed by atoms with Gasteiger partial charge in [-0.05, 0) is 70.6 Å². The van der Waals surface area contributed by atoms with Crippen LogP contribution in [0.5, 0.6) is 0 Å². The molecule has 1 saturated heterocycles. The first kappa shape index (κ1) is 16.8. The van der Waals surface area contributed by atoms with Crippen molar-refractivity contribution in [1.29, 1.82) is 0 Å². The number of rotatable bonds is 5. The van der Waals surface area contributed by atoms with Gasteiger partial charge in [-0.1, -0.05) is 37.6 Å². The average Bonchev–Trinajstić information content (AvgIpc) is 2.37. The number of hydrogen-bond acceptors (Lipinski definition) is 1. The molecule has 1 heterocycles. The number of hydrogen-bond donors (Lipinski definition) is 0. The highest BCUT2D eigenvalue weighted by Gasteiger charge is 2.37. The minimum Gasteiger partial charge on any atom is -0.374 e. The van der Waals surface area contributed by atoms with Crippen molar-refractivity contribution in [2.45, 2.75) is 84.8 Å². The fourth-order valence-corrected chi connectivity index (χ4v) is 4.05. The second-order valence-corrected chi connectivity index (χ2v) is 7.88. The van der Waals surface area contributed by atoms with Crippen LogP contribution in [0, 0.1) is 17.8 Å². The molecule has 0 amide bonds. The lowest BCUT2D eigenvalue weighted by atomic mass is 9.74. The summed E-state index contributed by atoms with van der Waals surface area (Å²) in [7, 11) is 0. The Morgan fingerprint density at radius 1 is 1.38 bits per heavy atom. The van der Waals surface area contributed by atoms with Crippen molar-refractivity contribution in [1.82, 2.24) is 0 Å². The fourth-order valence-electron chi connectivity index (χ4n) is 4.05. The molecule has 1 saturated carbocycles. The molecule has 1 nitrogen and oxygen atoms in total. The van der Waals surface area contributed by atoms with Gasteiger partial charge in [0.05, 0.1) is 12.2 Å². The van der Waals surface area contributed by atoms with Crippen molar-refractivity contribution >= 4 is 0 Å². The van der Waals surface area contributed by atoms with E-state index in [1.165, 1.54) is 49.7 Å². The van der Waals surface area contributed by atoms with Gasteiger partial charge in [0.15, 0.2) is 0 Å². The normalized spacial score (nSPS) is 34.2.